The Labute approximate surface area is 108 Å². The summed E-state index contributed by atoms with van der Waals surface area (Å²) in [5, 5.41) is 3.98. The second-order valence-corrected chi connectivity index (χ2v) is 6.94. The minimum absolute atomic E-state index is 0.183. The van der Waals surface area contributed by atoms with E-state index in [4.69, 9.17) is 5.73 Å². The number of carbonyl (C=O) groups is 1. The fraction of sp³-hybridized carbons (Fsp3) is 0.923. The van der Waals surface area contributed by atoms with Crippen molar-refractivity contribution in [2.75, 3.05) is 5.75 Å². The summed E-state index contributed by atoms with van der Waals surface area (Å²) in [7, 11) is 0. The van der Waals surface area contributed by atoms with Gasteiger partial charge in [-0.05, 0) is 44.3 Å². The quantitative estimate of drug-likeness (QED) is 0.808. The Balaban J connectivity index is 1.72. The molecule has 98 valence electrons. The van der Waals surface area contributed by atoms with Crippen LogP contribution in [0.5, 0.6) is 0 Å². The Bertz CT molecular complexity index is 272. The van der Waals surface area contributed by atoms with Crippen LogP contribution in [0.15, 0.2) is 0 Å². The lowest BCUT2D eigenvalue weighted by molar-refractivity contribution is -0.125. The molecule has 2 fully saturated rings. The number of hydrogen-bond acceptors (Lipinski definition) is 3. The number of thioether (sulfide) groups is 1. The molecule has 17 heavy (non-hydrogen) atoms. The van der Waals surface area contributed by atoms with Crippen LogP contribution >= 0.6 is 11.8 Å². The summed E-state index contributed by atoms with van der Waals surface area (Å²) in [6, 6.07) is 0.668. The van der Waals surface area contributed by atoms with Crippen LogP contribution in [0.2, 0.25) is 0 Å². The first kappa shape index (κ1) is 13.2. The monoisotopic (exact) mass is 256 g/mol. The summed E-state index contributed by atoms with van der Waals surface area (Å²) in [6.45, 7) is 2.20. The zero-order valence-electron chi connectivity index (χ0n) is 10.7. The second-order valence-electron chi connectivity index (χ2n) is 5.37. The van der Waals surface area contributed by atoms with Crippen LogP contribution in [0.3, 0.4) is 0 Å². The second kappa shape index (κ2) is 6.10. The Hall–Kier alpha value is -0.220. The summed E-state index contributed by atoms with van der Waals surface area (Å²) >= 11 is 2.03. The Morgan fingerprint density at radius 2 is 2.12 bits per heavy atom. The van der Waals surface area contributed by atoms with Crippen molar-refractivity contribution in [1.29, 1.82) is 0 Å². The Kier molecular flexibility index (Phi) is 4.74. The molecule has 0 aromatic carbocycles. The van der Waals surface area contributed by atoms with Crippen molar-refractivity contribution in [1.82, 2.24) is 5.32 Å². The predicted molar refractivity (Wildman–Crippen MR) is 73.0 cm³/mol. The number of hydrogen-bond donors (Lipinski definition) is 2. The molecule has 3 N–H and O–H groups in total. The van der Waals surface area contributed by atoms with Crippen LogP contribution in [-0.4, -0.2) is 29.0 Å². The Morgan fingerprint density at radius 3 is 2.76 bits per heavy atom. The third-order valence-electron chi connectivity index (χ3n) is 3.98. The van der Waals surface area contributed by atoms with Crippen molar-refractivity contribution in [2.24, 2.45) is 11.7 Å². The number of nitrogens with two attached hydrogens (primary N) is 1. The highest BCUT2D eigenvalue weighted by Gasteiger charge is 2.31. The van der Waals surface area contributed by atoms with E-state index >= 15 is 0 Å². The normalized spacial score (nSPS) is 37.3. The van der Waals surface area contributed by atoms with Gasteiger partial charge in [-0.25, -0.2) is 0 Å². The number of amides is 1. The van der Waals surface area contributed by atoms with Crippen molar-refractivity contribution < 1.29 is 4.79 Å². The van der Waals surface area contributed by atoms with Crippen LogP contribution < -0.4 is 11.1 Å². The lowest BCUT2D eigenvalue weighted by Crippen LogP contribution is -2.37. The third kappa shape index (κ3) is 3.62. The van der Waals surface area contributed by atoms with Crippen molar-refractivity contribution in [2.45, 2.75) is 62.8 Å². The van der Waals surface area contributed by atoms with Gasteiger partial charge in [-0.2, -0.15) is 11.8 Å². The maximum Gasteiger partial charge on any atom is 0.223 e. The molecule has 0 spiro atoms. The van der Waals surface area contributed by atoms with Gasteiger partial charge in [0.05, 0.1) is 0 Å². The molecular formula is C13H24N2OS. The molecule has 4 unspecified atom stereocenters. The average Bonchev–Trinajstić information content (AvgIpc) is 2.88. The first-order chi connectivity index (χ1) is 8.19. The third-order valence-corrected chi connectivity index (χ3v) is 5.21. The first-order valence-electron chi connectivity index (χ1n) is 6.86. The molecule has 0 heterocycles. The molecule has 2 aliphatic rings. The molecule has 2 aliphatic carbocycles. The highest BCUT2D eigenvalue weighted by molar-refractivity contribution is 7.99. The minimum atomic E-state index is 0.183. The summed E-state index contributed by atoms with van der Waals surface area (Å²) in [4.78, 5) is 12.0. The van der Waals surface area contributed by atoms with Gasteiger partial charge in [0.15, 0.2) is 0 Å². The largest absolute Gasteiger partial charge is 0.353 e. The molecule has 0 aromatic heterocycles. The lowest BCUT2D eigenvalue weighted by atomic mass is 10.1. The van der Waals surface area contributed by atoms with E-state index in [1.54, 1.807) is 0 Å². The number of nitrogens with one attached hydrogen (secondary N) is 1. The van der Waals surface area contributed by atoms with Crippen LogP contribution in [0.4, 0.5) is 0 Å². The van der Waals surface area contributed by atoms with Gasteiger partial charge < -0.3 is 11.1 Å². The van der Waals surface area contributed by atoms with E-state index in [9.17, 15) is 4.79 Å². The van der Waals surface area contributed by atoms with Crippen molar-refractivity contribution in [3.8, 4) is 0 Å². The van der Waals surface area contributed by atoms with Gasteiger partial charge >= 0.3 is 0 Å². The molecule has 4 atom stereocenters. The molecule has 0 aromatic rings. The van der Waals surface area contributed by atoms with E-state index in [1.165, 1.54) is 12.2 Å². The van der Waals surface area contributed by atoms with Crippen LogP contribution in [0.25, 0.3) is 0 Å². The van der Waals surface area contributed by atoms with Gasteiger partial charge in [0.2, 0.25) is 5.91 Å². The molecule has 2 saturated carbocycles. The molecule has 4 heteroatoms. The van der Waals surface area contributed by atoms with E-state index in [0.29, 0.717) is 6.04 Å². The topological polar surface area (TPSA) is 55.1 Å². The minimum Gasteiger partial charge on any atom is -0.353 e. The maximum absolute atomic E-state index is 12.0. The van der Waals surface area contributed by atoms with Gasteiger partial charge in [0.1, 0.15) is 0 Å². The maximum atomic E-state index is 12.0. The predicted octanol–water partition coefficient (Wildman–Crippen LogP) is 1.90. The summed E-state index contributed by atoms with van der Waals surface area (Å²) in [5.74, 6) is 1.62. The number of rotatable bonds is 4. The summed E-state index contributed by atoms with van der Waals surface area (Å²) < 4.78 is 0. The molecule has 2 rings (SSSR count). The van der Waals surface area contributed by atoms with Gasteiger partial charge in [-0.3, -0.25) is 4.79 Å². The highest BCUT2D eigenvalue weighted by Crippen LogP contribution is 2.30. The smallest absolute Gasteiger partial charge is 0.223 e. The fourth-order valence-corrected chi connectivity index (χ4v) is 4.17. The number of carbonyl (C=O) groups excluding carboxylic acids is 1. The Morgan fingerprint density at radius 1 is 1.29 bits per heavy atom. The van der Waals surface area contributed by atoms with Crippen molar-refractivity contribution in [3.63, 3.8) is 0 Å². The van der Waals surface area contributed by atoms with E-state index in [2.05, 4.69) is 12.2 Å². The SMILES string of the molecule is CCSC1CCC(NC(=O)C2CCC(N)C2)C1. The van der Waals surface area contributed by atoms with E-state index in [1.807, 2.05) is 11.8 Å². The first-order valence-corrected chi connectivity index (χ1v) is 7.91. The molecule has 0 aliphatic heterocycles. The van der Waals surface area contributed by atoms with Crippen LogP contribution in [0, 0.1) is 5.92 Å². The highest BCUT2D eigenvalue weighted by atomic mass is 32.2. The van der Waals surface area contributed by atoms with E-state index in [-0.39, 0.29) is 17.9 Å². The van der Waals surface area contributed by atoms with Crippen LogP contribution in [0.1, 0.15) is 45.4 Å². The molecule has 1 amide bonds. The lowest BCUT2D eigenvalue weighted by Gasteiger charge is -2.16. The van der Waals surface area contributed by atoms with Gasteiger partial charge in [0.25, 0.3) is 0 Å². The van der Waals surface area contributed by atoms with E-state index < -0.39 is 0 Å². The van der Waals surface area contributed by atoms with Crippen molar-refractivity contribution >= 4 is 17.7 Å². The zero-order valence-corrected chi connectivity index (χ0v) is 11.5. The van der Waals surface area contributed by atoms with Crippen molar-refractivity contribution in [3.05, 3.63) is 0 Å². The van der Waals surface area contributed by atoms with Gasteiger partial charge in [0, 0.05) is 23.3 Å². The fourth-order valence-electron chi connectivity index (χ4n) is 3.03. The van der Waals surface area contributed by atoms with E-state index in [0.717, 1.165) is 37.4 Å². The van der Waals surface area contributed by atoms with Gasteiger partial charge in [-0.15, -0.1) is 0 Å². The zero-order chi connectivity index (χ0) is 12.3. The summed E-state index contributed by atoms with van der Waals surface area (Å²) in [5.41, 5.74) is 5.85. The molecule has 3 nitrogen and oxygen atoms in total. The molecule has 0 bridgehead atoms. The molecular weight excluding hydrogens is 232 g/mol. The van der Waals surface area contributed by atoms with Crippen LogP contribution in [-0.2, 0) is 4.79 Å². The summed E-state index contributed by atoms with van der Waals surface area (Å²) in [6.07, 6.45) is 6.44. The molecule has 0 radical (unpaired) electrons. The average molecular weight is 256 g/mol. The van der Waals surface area contributed by atoms with Gasteiger partial charge in [-0.1, -0.05) is 6.92 Å². The molecule has 0 saturated heterocycles. The standard InChI is InChI=1S/C13H24N2OS/c1-2-17-12-6-5-11(8-12)15-13(16)9-3-4-10(14)7-9/h9-12H,2-8,14H2,1H3,(H,15,16).